The Hall–Kier alpha value is -3.22. The molecule has 1 aliphatic rings. The van der Waals surface area contributed by atoms with Crippen molar-refractivity contribution in [1.29, 1.82) is 0 Å². The Morgan fingerprint density at radius 3 is 2.52 bits per heavy atom. The zero-order chi connectivity index (χ0) is 22.0. The van der Waals surface area contributed by atoms with Crippen molar-refractivity contribution < 1.29 is 14.0 Å². The summed E-state index contributed by atoms with van der Waals surface area (Å²) < 4.78 is 15.4. The molecular weight excluding hydrogens is 395 g/mol. The number of piperidine rings is 1. The number of benzene rings is 2. The van der Waals surface area contributed by atoms with Crippen molar-refractivity contribution in [1.82, 2.24) is 19.8 Å². The zero-order valence-corrected chi connectivity index (χ0v) is 17.9. The molecule has 3 aromatic rings. The van der Waals surface area contributed by atoms with E-state index in [4.69, 9.17) is 0 Å². The first kappa shape index (κ1) is 21.0. The fourth-order valence-electron chi connectivity index (χ4n) is 4.50. The Labute approximate surface area is 181 Å². The van der Waals surface area contributed by atoms with Crippen LogP contribution in [0.2, 0.25) is 0 Å². The SMILES string of the molecule is CC(=O)N1CCC(C(=O)NCCc2nc3ccc(F)cc3n2C)(c2ccccc2)CC1. The maximum Gasteiger partial charge on any atom is 0.230 e. The fourth-order valence-corrected chi connectivity index (χ4v) is 4.50. The van der Waals surface area contributed by atoms with Crippen LogP contribution in [-0.2, 0) is 28.5 Å². The molecule has 0 saturated carbocycles. The Bertz CT molecular complexity index is 1100. The number of hydrogen-bond acceptors (Lipinski definition) is 3. The highest BCUT2D eigenvalue weighted by Crippen LogP contribution is 2.36. The summed E-state index contributed by atoms with van der Waals surface area (Å²) in [6.07, 6.45) is 1.73. The van der Waals surface area contributed by atoms with Gasteiger partial charge in [-0.1, -0.05) is 30.3 Å². The normalized spacial score (nSPS) is 15.8. The quantitative estimate of drug-likeness (QED) is 0.688. The van der Waals surface area contributed by atoms with Crippen molar-refractivity contribution in [2.24, 2.45) is 7.05 Å². The van der Waals surface area contributed by atoms with E-state index in [1.807, 2.05) is 41.9 Å². The van der Waals surface area contributed by atoms with Gasteiger partial charge < -0.3 is 14.8 Å². The number of likely N-dealkylation sites (tertiary alicyclic amines) is 1. The van der Waals surface area contributed by atoms with Gasteiger partial charge in [-0.15, -0.1) is 0 Å². The van der Waals surface area contributed by atoms with Crippen molar-refractivity contribution in [3.63, 3.8) is 0 Å². The van der Waals surface area contributed by atoms with Gasteiger partial charge in [0.1, 0.15) is 11.6 Å². The lowest BCUT2D eigenvalue weighted by atomic mass is 9.72. The van der Waals surface area contributed by atoms with E-state index in [2.05, 4.69) is 10.3 Å². The number of nitrogens with one attached hydrogen (secondary N) is 1. The number of fused-ring (bicyclic) bond motifs is 1. The van der Waals surface area contributed by atoms with Crippen LogP contribution in [0.25, 0.3) is 11.0 Å². The van der Waals surface area contributed by atoms with Crippen LogP contribution < -0.4 is 5.32 Å². The minimum atomic E-state index is -0.650. The minimum Gasteiger partial charge on any atom is -0.355 e. The Balaban J connectivity index is 1.49. The number of amides is 2. The van der Waals surface area contributed by atoms with Crippen molar-refractivity contribution in [3.8, 4) is 0 Å². The van der Waals surface area contributed by atoms with Crippen LogP contribution in [-0.4, -0.2) is 45.9 Å². The van der Waals surface area contributed by atoms with E-state index in [1.54, 1.807) is 17.9 Å². The standard InChI is InChI=1S/C24H27FN4O2/c1-17(30)29-14-11-24(12-15-29,18-6-4-3-5-7-18)23(31)26-13-10-22-27-20-9-8-19(25)16-21(20)28(22)2/h3-9,16H,10-15H2,1-2H3,(H,26,31). The molecule has 1 fully saturated rings. The number of carbonyl (C=O) groups is 2. The van der Waals surface area contributed by atoms with Gasteiger partial charge in [-0.25, -0.2) is 9.37 Å². The van der Waals surface area contributed by atoms with Gasteiger partial charge in [0.15, 0.2) is 0 Å². The first-order chi connectivity index (χ1) is 14.9. The van der Waals surface area contributed by atoms with Crippen molar-refractivity contribution in [3.05, 3.63) is 65.7 Å². The fraction of sp³-hybridized carbons (Fsp3) is 0.375. The summed E-state index contributed by atoms with van der Waals surface area (Å²) >= 11 is 0. The first-order valence-electron chi connectivity index (χ1n) is 10.6. The largest absolute Gasteiger partial charge is 0.355 e. The summed E-state index contributed by atoms with van der Waals surface area (Å²) in [7, 11) is 1.86. The minimum absolute atomic E-state index is 0.0216. The third-order valence-corrected chi connectivity index (χ3v) is 6.39. The summed E-state index contributed by atoms with van der Waals surface area (Å²) in [5, 5.41) is 3.10. The molecule has 1 aliphatic heterocycles. The molecule has 0 spiro atoms. The van der Waals surface area contributed by atoms with Gasteiger partial charge in [0, 0.05) is 40.0 Å². The number of halogens is 1. The summed E-state index contributed by atoms with van der Waals surface area (Å²) in [4.78, 5) is 31.5. The van der Waals surface area contributed by atoms with E-state index in [1.165, 1.54) is 12.1 Å². The molecule has 0 unspecified atom stereocenters. The lowest BCUT2D eigenvalue weighted by Crippen LogP contribution is -2.52. The molecule has 2 heterocycles. The van der Waals surface area contributed by atoms with Crippen LogP contribution in [0.15, 0.2) is 48.5 Å². The number of rotatable bonds is 5. The summed E-state index contributed by atoms with van der Waals surface area (Å²) in [5.74, 6) is 0.519. The molecule has 0 bridgehead atoms. The first-order valence-corrected chi connectivity index (χ1v) is 10.6. The average Bonchev–Trinajstić information content (AvgIpc) is 3.09. The van der Waals surface area contributed by atoms with Crippen LogP contribution in [0.4, 0.5) is 4.39 Å². The summed E-state index contributed by atoms with van der Waals surface area (Å²) in [6, 6.07) is 14.3. The molecule has 0 atom stereocenters. The van der Waals surface area contributed by atoms with E-state index < -0.39 is 5.41 Å². The van der Waals surface area contributed by atoms with Crippen molar-refractivity contribution in [2.45, 2.75) is 31.6 Å². The summed E-state index contributed by atoms with van der Waals surface area (Å²) in [6.45, 7) is 3.13. The molecule has 2 amide bonds. The van der Waals surface area contributed by atoms with Gasteiger partial charge >= 0.3 is 0 Å². The smallest absolute Gasteiger partial charge is 0.230 e. The molecule has 0 radical (unpaired) electrons. The van der Waals surface area contributed by atoms with Crippen molar-refractivity contribution in [2.75, 3.05) is 19.6 Å². The van der Waals surface area contributed by atoms with Crippen LogP contribution in [0.5, 0.6) is 0 Å². The Morgan fingerprint density at radius 2 is 1.84 bits per heavy atom. The second-order valence-electron chi connectivity index (χ2n) is 8.18. The molecule has 7 heteroatoms. The second-order valence-corrected chi connectivity index (χ2v) is 8.18. The van der Waals surface area contributed by atoms with E-state index in [0.29, 0.717) is 38.9 Å². The topological polar surface area (TPSA) is 67.2 Å². The lowest BCUT2D eigenvalue weighted by Gasteiger charge is -2.40. The molecule has 162 valence electrons. The van der Waals surface area contributed by atoms with Gasteiger partial charge in [0.25, 0.3) is 0 Å². The third-order valence-electron chi connectivity index (χ3n) is 6.39. The van der Waals surface area contributed by atoms with Crippen LogP contribution in [0, 0.1) is 5.82 Å². The maximum absolute atomic E-state index is 13.5. The lowest BCUT2D eigenvalue weighted by molar-refractivity contribution is -0.135. The van der Waals surface area contributed by atoms with E-state index in [-0.39, 0.29) is 17.6 Å². The molecule has 1 saturated heterocycles. The number of imidazole rings is 1. The maximum atomic E-state index is 13.5. The van der Waals surface area contributed by atoms with E-state index in [9.17, 15) is 14.0 Å². The molecule has 4 rings (SSSR count). The predicted molar refractivity (Wildman–Crippen MR) is 117 cm³/mol. The Morgan fingerprint density at radius 1 is 1.13 bits per heavy atom. The Kier molecular flexibility index (Phi) is 5.76. The van der Waals surface area contributed by atoms with Gasteiger partial charge in [0.05, 0.1) is 16.4 Å². The summed E-state index contributed by atoms with van der Waals surface area (Å²) in [5.41, 5.74) is 1.80. The van der Waals surface area contributed by atoms with Crippen LogP contribution in [0.1, 0.15) is 31.2 Å². The highest BCUT2D eigenvalue weighted by atomic mass is 19.1. The van der Waals surface area contributed by atoms with Gasteiger partial charge in [-0.2, -0.15) is 0 Å². The second kappa shape index (κ2) is 8.49. The molecule has 31 heavy (non-hydrogen) atoms. The zero-order valence-electron chi connectivity index (χ0n) is 17.9. The highest BCUT2D eigenvalue weighted by molar-refractivity contribution is 5.89. The van der Waals surface area contributed by atoms with E-state index >= 15 is 0 Å². The number of nitrogens with zero attached hydrogens (tertiary/aromatic N) is 3. The van der Waals surface area contributed by atoms with Crippen LogP contribution >= 0.6 is 0 Å². The molecule has 6 nitrogen and oxygen atoms in total. The molecule has 0 aliphatic carbocycles. The molecular formula is C24H27FN4O2. The third kappa shape index (κ3) is 4.04. The number of hydrogen-bond donors (Lipinski definition) is 1. The van der Waals surface area contributed by atoms with Crippen LogP contribution in [0.3, 0.4) is 0 Å². The predicted octanol–water partition coefficient (Wildman–Crippen LogP) is 2.95. The highest BCUT2D eigenvalue weighted by Gasteiger charge is 2.43. The molecule has 1 aromatic heterocycles. The number of aryl methyl sites for hydroxylation is 1. The van der Waals surface area contributed by atoms with Gasteiger partial charge in [-0.3, -0.25) is 9.59 Å². The van der Waals surface area contributed by atoms with E-state index in [0.717, 1.165) is 22.4 Å². The average molecular weight is 423 g/mol. The number of carbonyl (C=O) groups excluding carboxylic acids is 2. The molecule has 2 aromatic carbocycles. The van der Waals surface area contributed by atoms with Gasteiger partial charge in [-0.05, 0) is 36.6 Å². The number of aromatic nitrogens is 2. The monoisotopic (exact) mass is 422 g/mol. The van der Waals surface area contributed by atoms with Gasteiger partial charge in [0.2, 0.25) is 11.8 Å². The van der Waals surface area contributed by atoms with Crippen molar-refractivity contribution >= 4 is 22.8 Å². The molecule has 1 N–H and O–H groups in total.